The van der Waals surface area contributed by atoms with Crippen LogP contribution < -0.4 is 75.7 Å². The van der Waals surface area contributed by atoms with Crippen LogP contribution in [0, 0.1) is 0 Å². The number of aromatic nitrogens is 12. The molecule has 0 atom stereocenters. The van der Waals surface area contributed by atoms with Gasteiger partial charge in [0.25, 0.3) is 23.8 Å². The van der Waals surface area contributed by atoms with Crippen molar-refractivity contribution < 1.29 is 18.9 Å². The Kier molecular flexibility index (Phi) is 14.6. The second-order valence-electron chi connectivity index (χ2n) is 6.76. The zero-order valence-corrected chi connectivity index (χ0v) is 24.3. The lowest BCUT2D eigenvalue weighted by atomic mass is 10.8. The first kappa shape index (κ1) is 35.6. The van der Waals surface area contributed by atoms with Gasteiger partial charge in [-0.15, -0.1) is 30.4 Å². The number of nitrogen functional groups attached to an aromatic ring is 4. The molecule has 4 rings (SSSR count). The van der Waals surface area contributed by atoms with E-state index < -0.39 is 0 Å². The molecule has 246 valence electrons. The van der Waals surface area contributed by atoms with Crippen LogP contribution in [-0.4, -0.2) is 88.2 Å². The molecule has 30 nitrogen and oxygen atoms in total. The zero-order valence-electron chi connectivity index (χ0n) is 24.3. The Labute approximate surface area is 256 Å². The van der Waals surface area contributed by atoms with Gasteiger partial charge in [0, 0.05) is 0 Å². The molecule has 0 unspecified atom stereocenters. The zero-order chi connectivity index (χ0) is 33.9. The van der Waals surface area contributed by atoms with Gasteiger partial charge in [0.1, 0.15) is 0 Å². The van der Waals surface area contributed by atoms with Crippen molar-refractivity contribution in [1.29, 1.82) is 0 Å². The topological polar surface area (TPSA) is 445 Å². The summed E-state index contributed by atoms with van der Waals surface area (Å²) in [6.45, 7) is 0. The highest BCUT2D eigenvalue weighted by atomic mass is 16.5. The largest absolute Gasteiger partial charge is 0.467 e. The van der Waals surface area contributed by atoms with E-state index in [1.807, 2.05) is 0 Å². The van der Waals surface area contributed by atoms with Gasteiger partial charge in [0.15, 0.2) is 0 Å². The van der Waals surface area contributed by atoms with E-state index in [-0.39, 0.29) is 71.6 Å². The van der Waals surface area contributed by atoms with Crippen molar-refractivity contribution >= 4 is 47.6 Å². The fourth-order valence-corrected chi connectivity index (χ4v) is 2.37. The second-order valence-corrected chi connectivity index (χ2v) is 6.76. The van der Waals surface area contributed by atoms with Crippen molar-refractivity contribution in [2.24, 2.45) is 55.5 Å². The number of hydrazine groups is 5. The van der Waals surface area contributed by atoms with Gasteiger partial charge >= 0.3 is 24.0 Å². The third kappa shape index (κ3) is 10.9. The van der Waals surface area contributed by atoms with E-state index >= 15 is 0 Å². The van der Waals surface area contributed by atoms with Gasteiger partial charge < -0.3 is 18.9 Å². The predicted octanol–water partition coefficient (Wildman–Crippen LogP) is -3.06. The summed E-state index contributed by atoms with van der Waals surface area (Å²) < 4.78 is 19.6. The highest BCUT2D eigenvalue weighted by Crippen LogP contribution is 2.19. The van der Waals surface area contributed by atoms with Crippen molar-refractivity contribution in [2.75, 3.05) is 50.1 Å². The molecular formula is C16H28N26O4. The molecule has 0 aromatic carbocycles. The predicted molar refractivity (Wildman–Crippen MR) is 153 cm³/mol. The first-order chi connectivity index (χ1) is 22.4. The maximum absolute atomic E-state index is 5.20. The lowest BCUT2D eigenvalue weighted by Gasteiger charge is -2.03. The van der Waals surface area contributed by atoms with Gasteiger partial charge in [-0.05, 0) is 0 Å². The number of nitrogens with zero attached hydrogens (tertiary/aromatic N) is 16. The van der Waals surface area contributed by atoms with Crippen LogP contribution in [0.3, 0.4) is 0 Å². The first-order valence-corrected chi connectivity index (χ1v) is 11.6. The normalized spacial score (nSPS) is 10.2. The maximum Gasteiger partial charge on any atom is 0.324 e. The molecule has 4 aromatic rings. The Bertz CT molecular complexity index is 1270. The van der Waals surface area contributed by atoms with E-state index in [0.29, 0.717) is 0 Å². The molecule has 0 spiro atoms. The van der Waals surface area contributed by atoms with Gasteiger partial charge in [-0.2, -0.15) is 49.8 Å². The van der Waals surface area contributed by atoms with Crippen LogP contribution in [0.15, 0.2) is 20.5 Å². The van der Waals surface area contributed by atoms with Gasteiger partial charge in [-0.3, -0.25) is 33.4 Å². The van der Waals surface area contributed by atoms with Crippen molar-refractivity contribution in [3.05, 3.63) is 0 Å². The standard InChI is InChI=1S/C10H12N8O4.C6H12N16.H4N2/c1-19-7-11-5(12-8(15-7)20-2)17-18-6-13-9(21-3)16-10(14-6)22-4;7-17-1-11-2(18-8)14-5(13-1)21-22-6-15-3(19-9)12-4(16-6)20-10;1-2/h1-4H3;7-10H2,(H2,11,13,14,17,18)(H2,12,15,16,19,20);1-2H2. The number of azo groups is 2. The molecule has 0 saturated carbocycles. The fraction of sp³-hybridized carbons (Fsp3) is 0.250. The molecule has 0 aliphatic carbocycles. The third-order valence-electron chi connectivity index (χ3n) is 4.12. The lowest BCUT2D eigenvalue weighted by molar-refractivity contribution is 0.339. The summed E-state index contributed by atoms with van der Waals surface area (Å²) in [6, 6.07) is 0.136. The van der Waals surface area contributed by atoms with Crippen LogP contribution >= 0.6 is 0 Å². The SMILES string of the molecule is COc1nc(N=Nc2nc(OC)nc(OC)n2)nc(OC)n1.NN.NNc1nc(N=Nc2nc(NN)nc(NN)n2)nc(NN)n1. The van der Waals surface area contributed by atoms with Crippen LogP contribution in [-0.2, 0) is 0 Å². The van der Waals surface area contributed by atoms with Crippen molar-refractivity contribution in [3.8, 4) is 24.0 Å². The molecule has 0 fully saturated rings. The van der Waals surface area contributed by atoms with E-state index in [0.717, 1.165) is 0 Å². The molecule has 0 aliphatic heterocycles. The molecule has 30 heteroatoms. The van der Waals surface area contributed by atoms with Crippen LogP contribution in [0.1, 0.15) is 0 Å². The summed E-state index contributed by atoms with van der Waals surface area (Å²) in [4.78, 5) is 46.1. The van der Waals surface area contributed by atoms with E-state index in [1.165, 1.54) is 28.4 Å². The average molecular weight is 649 g/mol. The van der Waals surface area contributed by atoms with Crippen LogP contribution in [0.5, 0.6) is 24.0 Å². The number of nitrogens with two attached hydrogens (primary N) is 6. The summed E-state index contributed by atoms with van der Waals surface area (Å²) in [5.74, 6) is 28.7. The fourth-order valence-electron chi connectivity index (χ4n) is 2.37. The summed E-state index contributed by atoms with van der Waals surface area (Å²) >= 11 is 0. The summed E-state index contributed by atoms with van der Waals surface area (Å²) in [5.41, 5.74) is 8.89. The number of hydrogen-bond acceptors (Lipinski definition) is 30. The lowest BCUT2D eigenvalue weighted by Crippen LogP contribution is -2.16. The minimum atomic E-state index is -0.0965. The quantitative estimate of drug-likeness (QED) is 0.0414. The second kappa shape index (κ2) is 18.8. The number of nitrogens with one attached hydrogen (secondary N) is 4. The number of methoxy groups -OCH3 is 4. The first-order valence-electron chi connectivity index (χ1n) is 11.6. The van der Waals surface area contributed by atoms with Crippen molar-refractivity contribution in [2.45, 2.75) is 0 Å². The third-order valence-corrected chi connectivity index (χ3v) is 4.12. The molecule has 46 heavy (non-hydrogen) atoms. The Morgan fingerprint density at radius 2 is 0.587 bits per heavy atom. The minimum Gasteiger partial charge on any atom is -0.467 e. The van der Waals surface area contributed by atoms with Crippen molar-refractivity contribution in [1.82, 2.24) is 59.8 Å². The van der Waals surface area contributed by atoms with E-state index in [2.05, 4.69) is 114 Å². The highest BCUT2D eigenvalue weighted by Gasteiger charge is 2.10. The Balaban J connectivity index is 0.000000304. The molecule has 0 amide bonds. The Morgan fingerprint density at radius 1 is 0.370 bits per heavy atom. The minimum absolute atomic E-state index is 0.0289. The van der Waals surface area contributed by atoms with Gasteiger partial charge in [0.2, 0.25) is 23.8 Å². The molecule has 0 saturated heterocycles. The number of anilines is 4. The molecule has 16 N–H and O–H groups in total. The van der Waals surface area contributed by atoms with E-state index in [1.54, 1.807) is 0 Å². The van der Waals surface area contributed by atoms with E-state index in [4.69, 9.17) is 42.3 Å². The van der Waals surface area contributed by atoms with Gasteiger partial charge in [-0.1, -0.05) is 0 Å². The van der Waals surface area contributed by atoms with E-state index in [9.17, 15) is 0 Å². The van der Waals surface area contributed by atoms with Gasteiger partial charge in [-0.25, -0.2) is 23.4 Å². The average Bonchev–Trinajstić information content (AvgIpc) is 3.13. The Hall–Kier alpha value is -6.60. The van der Waals surface area contributed by atoms with Gasteiger partial charge in [0.05, 0.1) is 28.4 Å². The van der Waals surface area contributed by atoms with Crippen LogP contribution in [0.2, 0.25) is 0 Å². The maximum atomic E-state index is 5.20. The number of rotatable bonds is 12. The summed E-state index contributed by atoms with van der Waals surface area (Å²) in [7, 11) is 5.60. The summed E-state index contributed by atoms with van der Waals surface area (Å²) in [5, 5.41) is 15.0. The number of ether oxygens (including phenoxy) is 4. The molecule has 0 bridgehead atoms. The molecule has 0 aliphatic rings. The Morgan fingerprint density at radius 3 is 0.783 bits per heavy atom. The van der Waals surface area contributed by atoms with Crippen LogP contribution in [0.4, 0.5) is 47.6 Å². The molecule has 4 aromatic heterocycles. The molecule has 0 radical (unpaired) electrons. The van der Waals surface area contributed by atoms with Crippen LogP contribution in [0.25, 0.3) is 0 Å². The summed E-state index contributed by atoms with van der Waals surface area (Å²) in [6.07, 6.45) is 0. The molecule has 4 heterocycles. The molecular weight excluding hydrogens is 620 g/mol. The number of hydrogen-bond donors (Lipinski definition) is 10. The highest BCUT2D eigenvalue weighted by molar-refractivity contribution is 5.40. The monoisotopic (exact) mass is 648 g/mol. The smallest absolute Gasteiger partial charge is 0.324 e. The van der Waals surface area contributed by atoms with Crippen molar-refractivity contribution in [3.63, 3.8) is 0 Å².